The molecule has 0 amide bonds. The molecule has 0 unspecified atom stereocenters. The Hall–Kier alpha value is -1.04. The Morgan fingerprint density at radius 3 is 2.53 bits per heavy atom. The van der Waals surface area contributed by atoms with Gasteiger partial charge in [0.15, 0.2) is 0 Å². The molecule has 2 aromatic rings. The van der Waals surface area contributed by atoms with E-state index in [-0.39, 0.29) is 0 Å². The van der Waals surface area contributed by atoms with Crippen LogP contribution in [-0.4, -0.2) is 31.0 Å². The Kier molecular flexibility index (Phi) is 3.25. The maximum atomic E-state index is 9.67. The summed E-state index contributed by atoms with van der Waals surface area (Å²) in [6, 6.07) is 13.8. The summed E-state index contributed by atoms with van der Waals surface area (Å²) >= 11 is -0.561. The third kappa shape index (κ3) is 2.71. The van der Waals surface area contributed by atoms with Crippen LogP contribution in [0.15, 0.2) is 42.5 Å². The van der Waals surface area contributed by atoms with Crippen LogP contribution in [0.3, 0.4) is 0 Å². The minimum atomic E-state index is -0.561. The molecule has 15 heavy (non-hydrogen) atoms. The van der Waals surface area contributed by atoms with E-state index in [1.54, 1.807) is 6.07 Å². The van der Waals surface area contributed by atoms with Crippen LogP contribution in [0, 0.1) is 6.92 Å². The van der Waals surface area contributed by atoms with Crippen molar-refractivity contribution >= 4 is 28.3 Å². The van der Waals surface area contributed by atoms with Crippen molar-refractivity contribution in [2.45, 2.75) is 6.92 Å². The van der Waals surface area contributed by atoms with Gasteiger partial charge >= 0.3 is 99.2 Å². The molecule has 2 nitrogen and oxygen atoms in total. The molecule has 0 saturated heterocycles. The first-order valence-electron chi connectivity index (χ1n) is 4.65. The average molecular weight is 313 g/mol. The Morgan fingerprint density at radius 1 is 1.07 bits per heavy atom. The summed E-state index contributed by atoms with van der Waals surface area (Å²) in [5.41, 5.74) is 0.962. The van der Waals surface area contributed by atoms with E-state index in [0.29, 0.717) is 5.75 Å². The van der Waals surface area contributed by atoms with Crippen LogP contribution in [0.25, 0.3) is 0 Å². The molecule has 0 aliphatic carbocycles. The first kappa shape index (κ1) is 10.5. The summed E-state index contributed by atoms with van der Waals surface area (Å²) in [6.07, 6.45) is 0. The fourth-order valence-electron chi connectivity index (χ4n) is 1.20. The number of hydrogen-bond donors (Lipinski definition) is 1. The molecular weight excluding hydrogens is 302 g/mol. The van der Waals surface area contributed by atoms with Gasteiger partial charge in [-0.1, -0.05) is 0 Å². The second-order valence-electron chi connectivity index (χ2n) is 3.19. The quantitative estimate of drug-likeness (QED) is 0.830. The van der Waals surface area contributed by atoms with Crippen LogP contribution in [0.5, 0.6) is 5.75 Å². The Morgan fingerprint density at radius 2 is 1.80 bits per heavy atom. The van der Waals surface area contributed by atoms with Crippen molar-refractivity contribution in [3.63, 3.8) is 0 Å². The maximum absolute atomic E-state index is 9.67. The fourth-order valence-corrected chi connectivity index (χ4v) is 3.71. The van der Waals surface area contributed by atoms with Gasteiger partial charge in [0, 0.05) is 0 Å². The monoisotopic (exact) mass is 315 g/mol. The van der Waals surface area contributed by atoms with Gasteiger partial charge in [-0.3, -0.25) is 0 Å². The van der Waals surface area contributed by atoms with E-state index in [4.69, 9.17) is 0 Å². The van der Waals surface area contributed by atoms with Gasteiger partial charge in [0.05, 0.1) is 0 Å². The van der Waals surface area contributed by atoms with Crippen molar-refractivity contribution in [3.05, 3.63) is 48.2 Å². The van der Waals surface area contributed by atoms with E-state index >= 15 is 0 Å². The van der Waals surface area contributed by atoms with Crippen LogP contribution in [-0.2, 0) is 0 Å². The predicted molar refractivity (Wildman–Crippen MR) is 62.1 cm³/mol. The van der Waals surface area contributed by atoms with Crippen LogP contribution in [0.2, 0.25) is 0 Å². The van der Waals surface area contributed by atoms with Gasteiger partial charge in [-0.25, -0.2) is 0 Å². The molecule has 76 valence electrons. The molecule has 0 radical (unpaired) electrons. The number of aryl methyl sites for hydroxylation is 1. The Balaban J connectivity index is 2.28. The summed E-state index contributed by atoms with van der Waals surface area (Å²) in [5, 5.41) is 9.67. The van der Waals surface area contributed by atoms with E-state index in [1.165, 1.54) is 3.61 Å². The summed E-state index contributed by atoms with van der Waals surface area (Å²) in [6.45, 7) is 1.95. The van der Waals surface area contributed by atoms with E-state index in [0.717, 1.165) is 9.44 Å². The molecule has 1 aromatic heterocycles. The van der Waals surface area contributed by atoms with E-state index < -0.39 is 20.9 Å². The summed E-state index contributed by atoms with van der Waals surface area (Å²) in [5.74, 6) is 0.326. The standard InChI is InChI=1S/C12H11NOTe/c1-9-7-8-11(14)12(13-9)15-10-5-3-2-4-6-10/h2-8,14H,1H3. The molecular formula is C12H11NOTe. The summed E-state index contributed by atoms with van der Waals surface area (Å²) in [7, 11) is 0. The molecule has 0 bridgehead atoms. The van der Waals surface area contributed by atoms with Gasteiger partial charge in [-0.05, 0) is 0 Å². The first-order chi connectivity index (χ1) is 7.25. The summed E-state index contributed by atoms with van der Waals surface area (Å²) < 4.78 is 2.16. The number of aromatic nitrogens is 1. The molecule has 0 aliphatic heterocycles. The second kappa shape index (κ2) is 4.65. The number of aromatic hydroxyl groups is 1. The van der Waals surface area contributed by atoms with E-state index in [1.807, 2.05) is 31.2 Å². The van der Waals surface area contributed by atoms with Gasteiger partial charge < -0.3 is 0 Å². The molecule has 3 heteroatoms. The normalized spacial score (nSPS) is 10.2. The topological polar surface area (TPSA) is 33.1 Å². The second-order valence-corrected chi connectivity index (χ2v) is 6.22. The number of pyridine rings is 1. The SMILES string of the molecule is Cc1ccc(O)c([Te]c2ccccc2)n1. The molecule has 2 rings (SSSR count). The van der Waals surface area contributed by atoms with Crippen LogP contribution in [0.4, 0.5) is 0 Å². The molecule has 0 saturated carbocycles. The molecule has 1 N–H and O–H groups in total. The van der Waals surface area contributed by atoms with Crippen molar-refractivity contribution < 1.29 is 5.11 Å². The third-order valence-electron chi connectivity index (χ3n) is 1.94. The predicted octanol–water partition coefficient (Wildman–Crippen LogP) is 0.751. The first-order valence-corrected chi connectivity index (χ1v) is 6.98. The Bertz CT molecular complexity index is 456. The molecule has 1 aromatic carbocycles. The van der Waals surface area contributed by atoms with Gasteiger partial charge in [-0.15, -0.1) is 0 Å². The molecule has 0 fully saturated rings. The van der Waals surface area contributed by atoms with Crippen molar-refractivity contribution in [2.75, 3.05) is 0 Å². The van der Waals surface area contributed by atoms with Crippen LogP contribution in [0.1, 0.15) is 5.69 Å². The molecule has 0 aliphatic rings. The van der Waals surface area contributed by atoms with Gasteiger partial charge in [-0.2, -0.15) is 0 Å². The van der Waals surface area contributed by atoms with Crippen LogP contribution >= 0.6 is 0 Å². The number of hydrogen-bond acceptors (Lipinski definition) is 2. The van der Waals surface area contributed by atoms with Crippen molar-refractivity contribution in [3.8, 4) is 5.75 Å². The van der Waals surface area contributed by atoms with Crippen molar-refractivity contribution in [1.82, 2.24) is 4.98 Å². The zero-order chi connectivity index (χ0) is 10.7. The Labute approximate surface area is 99.1 Å². The van der Waals surface area contributed by atoms with Gasteiger partial charge in [0.2, 0.25) is 0 Å². The number of benzene rings is 1. The zero-order valence-electron chi connectivity index (χ0n) is 8.34. The van der Waals surface area contributed by atoms with Crippen LogP contribution < -0.4 is 7.35 Å². The zero-order valence-corrected chi connectivity index (χ0v) is 10.7. The van der Waals surface area contributed by atoms with Gasteiger partial charge in [0.1, 0.15) is 0 Å². The summed E-state index contributed by atoms with van der Waals surface area (Å²) in [4.78, 5) is 4.38. The van der Waals surface area contributed by atoms with Crippen molar-refractivity contribution in [2.24, 2.45) is 0 Å². The fraction of sp³-hybridized carbons (Fsp3) is 0.0833. The van der Waals surface area contributed by atoms with E-state index in [2.05, 4.69) is 17.1 Å². The molecule has 1 heterocycles. The average Bonchev–Trinajstić information content (AvgIpc) is 2.25. The minimum absolute atomic E-state index is 0.326. The third-order valence-corrected chi connectivity index (χ3v) is 4.80. The number of nitrogens with zero attached hydrogens (tertiary/aromatic N) is 1. The number of rotatable bonds is 2. The molecule has 0 atom stereocenters. The van der Waals surface area contributed by atoms with Gasteiger partial charge in [0.25, 0.3) is 0 Å². The van der Waals surface area contributed by atoms with E-state index in [9.17, 15) is 5.11 Å². The molecule has 0 spiro atoms. The van der Waals surface area contributed by atoms with Crippen molar-refractivity contribution in [1.29, 1.82) is 0 Å².